The highest BCUT2D eigenvalue weighted by Crippen LogP contribution is 2.25. The van der Waals surface area contributed by atoms with Crippen LogP contribution in [0.3, 0.4) is 0 Å². The molecule has 1 heterocycles. The Kier molecular flexibility index (Phi) is 2.99. The fourth-order valence-corrected chi connectivity index (χ4v) is 2.02. The SMILES string of the molecule is Cc1ccc2c(c1)N[C@H](CN=C(N)N)CC2. The first-order valence-corrected chi connectivity index (χ1v) is 5.56. The van der Waals surface area contributed by atoms with E-state index in [0.717, 1.165) is 12.8 Å². The van der Waals surface area contributed by atoms with E-state index in [1.54, 1.807) is 0 Å². The van der Waals surface area contributed by atoms with Gasteiger partial charge in [0.1, 0.15) is 0 Å². The van der Waals surface area contributed by atoms with Crippen LogP contribution in [0.15, 0.2) is 23.2 Å². The van der Waals surface area contributed by atoms with Gasteiger partial charge in [0.05, 0.1) is 6.54 Å². The third-order valence-electron chi connectivity index (χ3n) is 2.88. The van der Waals surface area contributed by atoms with Crippen molar-refractivity contribution in [2.24, 2.45) is 16.5 Å². The topological polar surface area (TPSA) is 76.4 Å². The zero-order valence-electron chi connectivity index (χ0n) is 9.53. The number of hydrogen-bond donors (Lipinski definition) is 3. The first-order valence-electron chi connectivity index (χ1n) is 5.56. The van der Waals surface area contributed by atoms with Gasteiger partial charge in [-0.2, -0.15) is 0 Å². The van der Waals surface area contributed by atoms with Crippen LogP contribution in [-0.2, 0) is 6.42 Å². The Balaban J connectivity index is 2.08. The van der Waals surface area contributed by atoms with Crippen LogP contribution in [0, 0.1) is 6.92 Å². The van der Waals surface area contributed by atoms with Crippen LogP contribution in [0.5, 0.6) is 0 Å². The lowest BCUT2D eigenvalue weighted by molar-refractivity contribution is 0.639. The van der Waals surface area contributed by atoms with E-state index in [1.165, 1.54) is 16.8 Å². The van der Waals surface area contributed by atoms with Gasteiger partial charge >= 0.3 is 0 Å². The largest absolute Gasteiger partial charge is 0.380 e. The Hall–Kier alpha value is -1.71. The quantitative estimate of drug-likeness (QED) is 0.512. The highest BCUT2D eigenvalue weighted by atomic mass is 15.0. The molecule has 16 heavy (non-hydrogen) atoms. The molecule has 1 aromatic rings. The lowest BCUT2D eigenvalue weighted by Gasteiger charge is -2.26. The molecule has 0 unspecified atom stereocenters. The van der Waals surface area contributed by atoms with E-state index < -0.39 is 0 Å². The van der Waals surface area contributed by atoms with Crippen LogP contribution in [0.1, 0.15) is 17.5 Å². The zero-order chi connectivity index (χ0) is 11.5. The van der Waals surface area contributed by atoms with Gasteiger partial charge in [0.2, 0.25) is 0 Å². The molecule has 1 aliphatic heterocycles. The van der Waals surface area contributed by atoms with E-state index in [2.05, 4.69) is 35.4 Å². The number of aliphatic imine (C=N–C) groups is 1. The molecule has 1 aromatic carbocycles. The van der Waals surface area contributed by atoms with Gasteiger partial charge in [0.15, 0.2) is 5.96 Å². The van der Waals surface area contributed by atoms with Crippen LogP contribution in [-0.4, -0.2) is 18.5 Å². The lowest BCUT2D eigenvalue weighted by atomic mass is 9.97. The second-order valence-corrected chi connectivity index (χ2v) is 4.31. The first kappa shape index (κ1) is 10.8. The summed E-state index contributed by atoms with van der Waals surface area (Å²) in [6.07, 6.45) is 2.17. The smallest absolute Gasteiger partial charge is 0.185 e. The number of aryl methyl sites for hydroxylation is 2. The molecule has 4 heteroatoms. The molecule has 1 aliphatic rings. The molecular formula is C12H18N4. The summed E-state index contributed by atoms with van der Waals surface area (Å²) in [5.74, 6) is 0.164. The van der Waals surface area contributed by atoms with E-state index in [0.29, 0.717) is 12.6 Å². The molecule has 0 amide bonds. The molecule has 5 N–H and O–H groups in total. The average molecular weight is 218 g/mol. The van der Waals surface area contributed by atoms with Crippen molar-refractivity contribution in [2.45, 2.75) is 25.8 Å². The summed E-state index contributed by atoms with van der Waals surface area (Å²) in [6.45, 7) is 2.75. The highest BCUT2D eigenvalue weighted by molar-refractivity contribution is 5.75. The summed E-state index contributed by atoms with van der Waals surface area (Å²) in [4.78, 5) is 4.05. The maximum atomic E-state index is 5.33. The average Bonchev–Trinajstić information content (AvgIpc) is 2.25. The minimum Gasteiger partial charge on any atom is -0.380 e. The van der Waals surface area contributed by atoms with Crippen LogP contribution in [0.2, 0.25) is 0 Å². The Morgan fingerprint density at radius 3 is 3.06 bits per heavy atom. The maximum Gasteiger partial charge on any atom is 0.185 e. The van der Waals surface area contributed by atoms with Gasteiger partial charge in [-0.05, 0) is 37.0 Å². The number of guanidine groups is 1. The number of anilines is 1. The van der Waals surface area contributed by atoms with Gasteiger partial charge in [-0.3, -0.25) is 4.99 Å². The Morgan fingerprint density at radius 1 is 1.50 bits per heavy atom. The zero-order valence-corrected chi connectivity index (χ0v) is 9.53. The van der Waals surface area contributed by atoms with Crippen molar-refractivity contribution in [1.29, 1.82) is 0 Å². The standard InChI is InChI=1S/C12H18N4/c1-8-2-3-9-4-5-10(7-15-12(13)14)16-11(9)6-8/h2-3,6,10,16H,4-5,7H2,1H3,(H4,13,14,15)/t10-/m0/s1. The molecule has 86 valence electrons. The number of fused-ring (bicyclic) bond motifs is 1. The van der Waals surface area contributed by atoms with Crippen molar-refractivity contribution in [3.8, 4) is 0 Å². The number of hydrogen-bond acceptors (Lipinski definition) is 2. The molecule has 4 nitrogen and oxygen atoms in total. The summed E-state index contributed by atoms with van der Waals surface area (Å²) in [5.41, 5.74) is 14.5. The number of nitrogens with zero attached hydrogens (tertiary/aromatic N) is 1. The summed E-state index contributed by atoms with van der Waals surface area (Å²) < 4.78 is 0. The normalized spacial score (nSPS) is 18.4. The van der Waals surface area contributed by atoms with Crippen molar-refractivity contribution < 1.29 is 0 Å². The minimum absolute atomic E-state index is 0.164. The van der Waals surface area contributed by atoms with Gasteiger partial charge in [-0.25, -0.2) is 0 Å². The Bertz CT molecular complexity index is 407. The second kappa shape index (κ2) is 4.43. The van der Waals surface area contributed by atoms with E-state index in [1.807, 2.05) is 0 Å². The van der Waals surface area contributed by atoms with E-state index in [9.17, 15) is 0 Å². The molecule has 0 fully saturated rings. The number of nitrogens with one attached hydrogen (secondary N) is 1. The minimum atomic E-state index is 0.164. The fraction of sp³-hybridized carbons (Fsp3) is 0.417. The van der Waals surface area contributed by atoms with E-state index in [-0.39, 0.29) is 5.96 Å². The molecule has 1 atom stereocenters. The maximum absolute atomic E-state index is 5.33. The van der Waals surface area contributed by atoms with Gasteiger partial charge in [0, 0.05) is 11.7 Å². The summed E-state index contributed by atoms with van der Waals surface area (Å²) in [5, 5.41) is 3.47. The summed E-state index contributed by atoms with van der Waals surface area (Å²) >= 11 is 0. The molecule has 2 rings (SSSR count). The molecule has 0 aliphatic carbocycles. The molecule has 0 radical (unpaired) electrons. The molecule has 0 spiro atoms. The van der Waals surface area contributed by atoms with E-state index >= 15 is 0 Å². The molecule has 0 aromatic heterocycles. The van der Waals surface area contributed by atoms with Crippen molar-refractivity contribution in [3.05, 3.63) is 29.3 Å². The molecular weight excluding hydrogens is 200 g/mol. The van der Waals surface area contributed by atoms with Gasteiger partial charge in [-0.15, -0.1) is 0 Å². The Labute approximate surface area is 95.7 Å². The van der Waals surface area contributed by atoms with Crippen molar-refractivity contribution in [2.75, 3.05) is 11.9 Å². The highest BCUT2D eigenvalue weighted by Gasteiger charge is 2.16. The summed E-state index contributed by atoms with van der Waals surface area (Å²) in [7, 11) is 0. The van der Waals surface area contributed by atoms with Crippen LogP contribution in [0.4, 0.5) is 5.69 Å². The van der Waals surface area contributed by atoms with Crippen LogP contribution in [0.25, 0.3) is 0 Å². The first-order chi connectivity index (χ1) is 7.65. The fourth-order valence-electron chi connectivity index (χ4n) is 2.02. The van der Waals surface area contributed by atoms with Gasteiger partial charge in [0.25, 0.3) is 0 Å². The monoisotopic (exact) mass is 218 g/mol. The van der Waals surface area contributed by atoms with Gasteiger partial charge < -0.3 is 16.8 Å². The van der Waals surface area contributed by atoms with Gasteiger partial charge in [-0.1, -0.05) is 12.1 Å². The number of benzene rings is 1. The van der Waals surface area contributed by atoms with E-state index in [4.69, 9.17) is 11.5 Å². The molecule has 0 saturated heterocycles. The predicted molar refractivity (Wildman–Crippen MR) is 67.6 cm³/mol. The van der Waals surface area contributed by atoms with Crippen LogP contribution >= 0.6 is 0 Å². The van der Waals surface area contributed by atoms with Crippen molar-refractivity contribution >= 4 is 11.6 Å². The van der Waals surface area contributed by atoms with Crippen LogP contribution < -0.4 is 16.8 Å². The predicted octanol–water partition coefficient (Wildman–Crippen LogP) is 0.995. The molecule has 0 bridgehead atoms. The number of nitrogens with two attached hydrogens (primary N) is 2. The summed E-state index contributed by atoms with van der Waals surface area (Å²) in [6, 6.07) is 6.86. The second-order valence-electron chi connectivity index (χ2n) is 4.31. The number of rotatable bonds is 2. The third-order valence-corrected chi connectivity index (χ3v) is 2.88. The molecule has 0 saturated carbocycles. The van der Waals surface area contributed by atoms with Crippen molar-refractivity contribution in [1.82, 2.24) is 0 Å². The lowest BCUT2D eigenvalue weighted by Crippen LogP contribution is -2.31. The Morgan fingerprint density at radius 2 is 2.31 bits per heavy atom. The van der Waals surface area contributed by atoms with Crippen molar-refractivity contribution in [3.63, 3.8) is 0 Å². The third kappa shape index (κ3) is 2.45.